The van der Waals surface area contributed by atoms with Crippen LogP contribution in [-0.4, -0.2) is 33.2 Å². The van der Waals surface area contributed by atoms with E-state index in [9.17, 15) is 13.2 Å². The normalized spacial score (nSPS) is 17.5. The van der Waals surface area contributed by atoms with Gasteiger partial charge in [-0.3, -0.25) is 9.10 Å². The Morgan fingerprint density at radius 3 is 2.76 bits per heavy atom. The molecule has 8 heteroatoms. The van der Waals surface area contributed by atoms with Crippen LogP contribution in [0.4, 0.5) is 11.4 Å². The van der Waals surface area contributed by atoms with Gasteiger partial charge in [-0.25, -0.2) is 8.42 Å². The Kier molecular flexibility index (Phi) is 5.08. The van der Waals surface area contributed by atoms with E-state index in [0.717, 1.165) is 6.42 Å². The second-order valence-electron chi connectivity index (χ2n) is 4.85. The molecule has 0 aromatic heterocycles. The summed E-state index contributed by atoms with van der Waals surface area (Å²) in [5, 5.41) is 2.96. The van der Waals surface area contributed by atoms with Crippen LogP contribution in [0.3, 0.4) is 0 Å². The van der Waals surface area contributed by atoms with Gasteiger partial charge in [0.15, 0.2) is 0 Å². The number of hydrogen-bond donors (Lipinski definition) is 2. The summed E-state index contributed by atoms with van der Waals surface area (Å²) < 4.78 is 25.5. The predicted molar refractivity (Wildman–Crippen MR) is 84.1 cm³/mol. The SMILES string of the molecule is NCCC(=O)Nc1ccc(N2CCCCS2(=O)=O)c(Cl)c1. The molecule has 3 N–H and O–H groups in total. The van der Waals surface area contributed by atoms with Crippen molar-refractivity contribution in [1.82, 2.24) is 0 Å². The molecule has 6 nitrogen and oxygen atoms in total. The van der Waals surface area contributed by atoms with E-state index in [-0.39, 0.29) is 24.6 Å². The van der Waals surface area contributed by atoms with Crippen LogP contribution in [0.2, 0.25) is 5.02 Å². The molecule has 0 spiro atoms. The van der Waals surface area contributed by atoms with E-state index < -0.39 is 10.0 Å². The molecule has 1 aromatic carbocycles. The highest BCUT2D eigenvalue weighted by atomic mass is 35.5. The number of rotatable bonds is 4. The minimum absolute atomic E-state index is 0.137. The summed E-state index contributed by atoms with van der Waals surface area (Å²) in [5.74, 6) is -0.0647. The fourth-order valence-electron chi connectivity index (χ4n) is 2.20. The first kappa shape index (κ1) is 16.1. The van der Waals surface area contributed by atoms with E-state index in [4.69, 9.17) is 17.3 Å². The van der Waals surface area contributed by atoms with Crippen LogP contribution < -0.4 is 15.4 Å². The number of sulfonamides is 1. The maximum atomic E-state index is 12.1. The molecule has 1 aromatic rings. The fraction of sp³-hybridized carbons (Fsp3) is 0.462. The van der Waals surface area contributed by atoms with Gasteiger partial charge in [0.2, 0.25) is 15.9 Å². The molecule has 2 rings (SSSR count). The van der Waals surface area contributed by atoms with E-state index in [0.29, 0.717) is 29.4 Å². The first-order chi connectivity index (χ1) is 9.94. The molecule has 116 valence electrons. The lowest BCUT2D eigenvalue weighted by atomic mass is 10.2. The fourth-order valence-corrected chi connectivity index (χ4v) is 4.19. The Hall–Kier alpha value is -1.31. The highest BCUT2D eigenvalue weighted by Gasteiger charge is 2.27. The van der Waals surface area contributed by atoms with Crippen molar-refractivity contribution in [3.63, 3.8) is 0 Å². The van der Waals surface area contributed by atoms with Gasteiger partial charge < -0.3 is 11.1 Å². The lowest BCUT2D eigenvalue weighted by Crippen LogP contribution is -2.38. The van der Waals surface area contributed by atoms with Gasteiger partial charge in [-0.1, -0.05) is 11.6 Å². The number of nitrogens with one attached hydrogen (secondary N) is 1. The second-order valence-corrected chi connectivity index (χ2v) is 7.27. The van der Waals surface area contributed by atoms with Gasteiger partial charge in [0.1, 0.15) is 0 Å². The summed E-state index contributed by atoms with van der Waals surface area (Å²) in [7, 11) is -3.30. The molecule has 1 amide bonds. The zero-order chi connectivity index (χ0) is 15.5. The van der Waals surface area contributed by atoms with Gasteiger partial charge >= 0.3 is 0 Å². The molecule has 0 unspecified atom stereocenters. The minimum Gasteiger partial charge on any atom is -0.330 e. The summed E-state index contributed by atoms with van der Waals surface area (Å²) in [4.78, 5) is 11.5. The summed E-state index contributed by atoms with van der Waals surface area (Å²) in [6.45, 7) is 0.699. The van der Waals surface area contributed by atoms with Crippen molar-refractivity contribution in [2.45, 2.75) is 19.3 Å². The Morgan fingerprint density at radius 1 is 1.38 bits per heavy atom. The Balaban J connectivity index is 2.21. The topological polar surface area (TPSA) is 92.5 Å². The van der Waals surface area contributed by atoms with Crippen LogP contribution in [0, 0.1) is 0 Å². The average molecular weight is 332 g/mol. The molecule has 1 aliphatic rings. The molecule has 21 heavy (non-hydrogen) atoms. The highest BCUT2D eigenvalue weighted by molar-refractivity contribution is 7.92. The smallest absolute Gasteiger partial charge is 0.235 e. The highest BCUT2D eigenvalue weighted by Crippen LogP contribution is 2.32. The lowest BCUT2D eigenvalue weighted by Gasteiger charge is -2.29. The largest absolute Gasteiger partial charge is 0.330 e. The lowest BCUT2D eigenvalue weighted by molar-refractivity contribution is -0.116. The van der Waals surface area contributed by atoms with Gasteiger partial charge in [0.05, 0.1) is 16.5 Å². The first-order valence-electron chi connectivity index (χ1n) is 6.74. The quantitative estimate of drug-likeness (QED) is 0.875. The summed E-state index contributed by atoms with van der Waals surface area (Å²) in [6.07, 6.45) is 1.70. The second kappa shape index (κ2) is 6.64. The van der Waals surface area contributed by atoms with Crippen LogP contribution in [-0.2, 0) is 14.8 Å². The van der Waals surface area contributed by atoms with Crippen molar-refractivity contribution in [3.05, 3.63) is 23.2 Å². The number of halogens is 1. The predicted octanol–water partition coefficient (Wildman–Crippen LogP) is 1.56. The summed E-state index contributed by atoms with van der Waals surface area (Å²) in [5.41, 5.74) is 6.28. The molecular weight excluding hydrogens is 314 g/mol. The number of carbonyl (C=O) groups excluding carboxylic acids is 1. The molecule has 1 aliphatic heterocycles. The van der Waals surface area contributed by atoms with Crippen LogP contribution in [0.15, 0.2) is 18.2 Å². The third-order valence-electron chi connectivity index (χ3n) is 3.22. The third kappa shape index (κ3) is 3.87. The van der Waals surface area contributed by atoms with Crippen molar-refractivity contribution < 1.29 is 13.2 Å². The maximum absolute atomic E-state index is 12.1. The Morgan fingerprint density at radius 2 is 2.14 bits per heavy atom. The van der Waals surface area contributed by atoms with Gasteiger partial charge in [0.25, 0.3) is 0 Å². The van der Waals surface area contributed by atoms with Crippen LogP contribution in [0.25, 0.3) is 0 Å². The zero-order valence-corrected chi connectivity index (χ0v) is 13.1. The third-order valence-corrected chi connectivity index (χ3v) is 5.38. The number of hydrogen-bond acceptors (Lipinski definition) is 4. The minimum atomic E-state index is -3.30. The molecule has 0 atom stereocenters. The van der Waals surface area contributed by atoms with Crippen molar-refractivity contribution in [3.8, 4) is 0 Å². The molecule has 0 aliphatic carbocycles. The van der Waals surface area contributed by atoms with E-state index >= 15 is 0 Å². The number of benzene rings is 1. The Bertz CT molecular complexity index is 634. The van der Waals surface area contributed by atoms with Crippen molar-refractivity contribution >= 4 is 38.9 Å². The van der Waals surface area contributed by atoms with Crippen LogP contribution >= 0.6 is 11.6 Å². The van der Waals surface area contributed by atoms with Crippen molar-refractivity contribution in [2.24, 2.45) is 5.73 Å². The monoisotopic (exact) mass is 331 g/mol. The van der Waals surface area contributed by atoms with Crippen molar-refractivity contribution in [1.29, 1.82) is 0 Å². The number of anilines is 2. The molecule has 0 saturated carbocycles. The summed E-state index contributed by atoms with van der Waals surface area (Å²) >= 11 is 6.17. The van der Waals surface area contributed by atoms with Gasteiger partial charge in [-0.15, -0.1) is 0 Å². The van der Waals surface area contributed by atoms with Gasteiger partial charge in [-0.05, 0) is 31.0 Å². The Labute approximate surface area is 129 Å². The van der Waals surface area contributed by atoms with Crippen molar-refractivity contribution in [2.75, 3.05) is 28.5 Å². The maximum Gasteiger partial charge on any atom is 0.235 e. The van der Waals surface area contributed by atoms with Gasteiger partial charge in [0, 0.05) is 25.2 Å². The molecule has 1 saturated heterocycles. The van der Waals surface area contributed by atoms with Crippen LogP contribution in [0.1, 0.15) is 19.3 Å². The number of carbonyl (C=O) groups is 1. The number of nitrogens with zero attached hydrogens (tertiary/aromatic N) is 1. The molecule has 0 radical (unpaired) electrons. The summed E-state index contributed by atoms with van der Waals surface area (Å²) in [6, 6.07) is 4.80. The first-order valence-corrected chi connectivity index (χ1v) is 8.72. The molecule has 0 bridgehead atoms. The van der Waals surface area contributed by atoms with E-state index in [1.54, 1.807) is 18.2 Å². The standard InChI is InChI=1S/C13H18ClN3O3S/c14-11-9-10(16-13(18)5-6-15)3-4-12(11)17-7-1-2-8-21(17,19)20/h3-4,9H,1-2,5-8,15H2,(H,16,18). The molecule has 1 fully saturated rings. The molecule has 1 heterocycles. The van der Waals surface area contributed by atoms with Gasteiger partial charge in [-0.2, -0.15) is 0 Å². The zero-order valence-electron chi connectivity index (χ0n) is 11.5. The van der Waals surface area contributed by atoms with E-state index in [2.05, 4.69) is 5.32 Å². The van der Waals surface area contributed by atoms with E-state index in [1.807, 2.05) is 0 Å². The molecular formula is C13H18ClN3O3S. The van der Waals surface area contributed by atoms with E-state index in [1.165, 1.54) is 4.31 Å². The number of nitrogens with two attached hydrogens (primary N) is 1. The number of amides is 1. The average Bonchev–Trinajstić information content (AvgIpc) is 2.39. The van der Waals surface area contributed by atoms with Crippen LogP contribution in [0.5, 0.6) is 0 Å².